The Morgan fingerprint density at radius 2 is 1.88 bits per heavy atom. The second-order valence-corrected chi connectivity index (χ2v) is 4.67. The molecule has 1 fully saturated rings. The minimum Gasteiger partial charge on any atom is -0.353 e. The van der Waals surface area contributed by atoms with Crippen molar-refractivity contribution in [3.8, 4) is 0 Å². The summed E-state index contributed by atoms with van der Waals surface area (Å²) in [4.78, 5) is 0. The molecule has 1 saturated heterocycles. The van der Waals surface area contributed by atoms with Gasteiger partial charge in [0.2, 0.25) is 0 Å². The zero-order valence-electron chi connectivity index (χ0n) is 10.3. The summed E-state index contributed by atoms with van der Waals surface area (Å²) in [6.07, 6.45) is 1.78. The van der Waals surface area contributed by atoms with Crippen molar-refractivity contribution in [3.63, 3.8) is 0 Å². The average molecular weight is 235 g/mol. The quantitative estimate of drug-likeness (QED) is 0.872. The zero-order chi connectivity index (χ0) is 12.1. The van der Waals surface area contributed by atoms with Gasteiger partial charge in [0, 0.05) is 12.5 Å². The predicted octanol–water partition coefficient (Wildman–Crippen LogP) is 2.48. The van der Waals surface area contributed by atoms with Gasteiger partial charge in [0.05, 0.1) is 13.2 Å². The summed E-state index contributed by atoms with van der Waals surface area (Å²) in [5.74, 6) is 0.348. The summed E-state index contributed by atoms with van der Waals surface area (Å²) in [6, 6.07) is 10.2. The minimum atomic E-state index is -0.0755. The number of ether oxygens (including phenoxy) is 2. The van der Waals surface area contributed by atoms with E-state index in [1.54, 1.807) is 0 Å². The molecule has 0 spiro atoms. The number of rotatable bonds is 4. The number of hydrogen-bond donors (Lipinski definition) is 1. The third-order valence-corrected chi connectivity index (χ3v) is 3.26. The molecule has 0 amide bonds. The van der Waals surface area contributed by atoms with Crippen molar-refractivity contribution in [2.75, 3.05) is 13.2 Å². The highest BCUT2D eigenvalue weighted by atomic mass is 16.7. The van der Waals surface area contributed by atoms with Crippen LogP contribution in [0, 0.1) is 5.92 Å². The van der Waals surface area contributed by atoms with Crippen LogP contribution in [0.3, 0.4) is 0 Å². The van der Waals surface area contributed by atoms with E-state index in [0.29, 0.717) is 5.92 Å². The van der Waals surface area contributed by atoms with Crippen molar-refractivity contribution < 1.29 is 9.47 Å². The first-order chi connectivity index (χ1) is 8.27. The maximum absolute atomic E-state index is 6.24. The molecule has 0 radical (unpaired) electrons. The molecular formula is C14H21NO2. The first kappa shape index (κ1) is 12.6. The Kier molecular flexibility index (Phi) is 4.54. The van der Waals surface area contributed by atoms with Gasteiger partial charge in [-0.25, -0.2) is 0 Å². The molecule has 2 atom stereocenters. The molecular weight excluding hydrogens is 214 g/mol. The fourth-order valence-corrected chi connectivity index (χ4v) is 2.13. The van der Waals surface area contributed by atoms with Crippen LogP contribution in [-0.2, 0) is 9.47 Å². The van der Waals surface area contributed by atoms with E-state index in [9.17, 15) is 0 Å². The van der Waals surface area contributed by atoms with E-state index >= 15 is 0 Å². The molecule has 1 aliphatic rings. The molecule has 3 nitrogen and oxygen atoms in total. The first-order valence-corrected chi connectivity index (χ1v) is 6.31. The van der Waals surface area contributed by atoms with Crippen LogP contribution in [0.25, 0.3) is 0 Å². The molecule has 0 bridgehead atoms. The van der Waals surface area contributed by atoms with Gasteiger partial charge in [-0.3, -0.25) is 0 Å². The van der Waals surface area contributed by atoms with Crippen LogP contribution >= 0.6 is 0 Å². The fourth-order valence-electron chi connectivity index (χ4n) is 2.13. The van der Waals surface area contributed by atoms with Crippen molar-refractivity contribution in [1.82, 2.24) is 0 Å². The lowest BCUT2D eigenvalue weighted by Gasteiger charge is -2.28. The molecule has 0 aromatic heterocycles. The maximum atomic E-state index is 6.24. The highest BCUT2D eigenvalue weighted by Gasteiger charge is 2.22. The SMILES string of the molecule is C[C@H](CC1OCCCO1)[C@H](N)c1ccccc1. The Balaban J connectivity index is 1.88. The van der Waals surface area contributed by atoms with Gasteiger partial charge in [0.15, 0.2) is 6.29 Å². The van der Waals surface area contributed by atoms with E-state index in [1.807, 2.05) is 18.2 Å². The van der Waals surface area contributed by atoms with Crippen LogP contribution in [0.15, 0.2) is 30.3 Å². The van der Waals surface area contributed by atoms with Crippen molar-refractivity contribution in [1.29, 1.82) is 0 Å². The van der Waals surface area contributed by atoms with E-state index in [-0.39, 0.29) is 12.3 Å². The number of nitrogens with two attached hydrogens (primary N) is 1. The van der Waals surface area contributed by atoms with Crippen molar-refractivity contribution in [2.45, 2.75) is 32.1 Å². The maximum Gasteiger partial charge on any atom is 0.157 e. The van der Waals surface area contributed by atoms with Gasteiger partial charge in [-0.1, -0.05) is 37.3 Å². The van der Waals surface area contributed by atoms with Gasteiger partial charge < -0.3 is 15.2 Å². The summed E-state index contributed by atoms with van der Waals surface area (Å²) in [5, 5.41) is 0. The van der Waals surface area contributed by atoms with E-state index in [4.69, 9.17) is 15.2 Å². The standard InChI is InChI=1S/C14H21NO2/c1-11(10-13-16-8-5-9-17-13)14(15)12-6-3-2-4-7-12/h2-4,6-7,11,13-14H,5,8-10,15H2,1H3/t11-,14+/m1/s1. The molecule has 1 heterocycles. The highest BCUT2D eigenvalue weighted by Crippen LogP contribution is 2.25. The Bertz CT molecular complexity index is 322. The second kappa shape index (κ2) is 6.15. The summed E-state index contributed by atoms with van der Waals surface area (Å²) < 4.78 is 11.1. The lowest BCUT2D eigenvalue weighted by atomic mass is 9.92. The van der Waals surface area contributed by atoms with Gasteiger partial charge in [0.1, 0.15) is 0 Å². The third-order valence-electron chi connectivity index (χ3n) is 3.26. The smallest absolute Gasteiger partial charge is 0.157 e. The molecule has 1 aliphatic heterocycles. The monoisotopic (exact) mass is 235 g/mol. The largest absolute Gasteiger partial charge is 0.353 e. The lowest BCUT2D eigenvalue weighted by Crippen LogP contribution is -2.30. The van der Waals surface area contributed by atoms with Crippen LogP contribution < -0.4 is 5.73 Å². The summed E-state index contributed by atoms with van der Waals surface area (Å²) >= 11 is 0. The van der Waals surface area contributed by atoms with E-state index in [0.717, 1.165) is 26.1 Å². The van der Waals surface area contributed by atoms with Gasteiger partial charge in [0.25, 0.3) is 0 Å². The van der Waals surface area contributed by atoms with Crippen molar-refractivity contribution in [2.24, 2.45) is 11.7 Å². The Hall–Kier alpha value is -0.900. The Morgan fingerprint density at radius 3 is 2.53 bits per heavy atom. The molecule has 1 aromatic rings. The van der Waals surface area contributed by atoms with Crippen molar-refractivity contribution >= 4 is 0 Å². The minimum absolute atomic E-state index is 0.0466. The number of benzene rings is 1. The van der Waals surface area contributed by atoms with Crippen molar-refractivity contribution in [3.05, 3.63) is 35.9 Å². The molecule has 2 rings (SSSR count). The van der Waals surface area contributed by atoms with Crippen LogP contribution in [0.1, 0.15) is 31.4 Å². The Morgan fingerprint density at radius 1 is 1.24 bits per heavy atom. The van der Waals surface area contributed by atoms with Crippen LogP contribution in [0.4, 0.5) is 0 Å². The highest BCUT2D eigenvalue weighted by molar-refractivity contribution is 5.18. The Labute approximate surface area is 103 Å². The van der Waals surface area contributed by atoms with Gasteiger partial charge in [-0.05, 0) is 17.9 Å². The van der Waals surface area contributed by atoms with Crippen LogP contribution in [0.2, 0.25) is 0 Å². The lowest BCUT2D eigenvalue weighted by molar-refractivity contribution is -0.186. The van der Waals surface area contributed by atoms with Gasteiger partial charge in [-0.2, -0.15) is 0 Å². The molecule has 0 unspecified atom stereocenters. The zero-order valence-corrected chi connectivity index (χ0v) is 10.3. The van der Waals surface area contributed by atoms with Gasteiger partial charge >= 0.3 is 0 Å². The molecule has 0 saturated carbocycles. The predicted molar refractivity (Wildman–Crippen MR) is 67.5 cm³/mol. The molecule has 1 aromatic carbocycles. The second-order valence-electron chi connectivity index (χ2n) is 4.67. The molecule has 94 valence electrons. The fraction of sp³-hybridized carbons (Fsp3) is 0.571. The van der Waals surface area contributed by atoms with Gasteiger partial charge in [-0.15, -0.1) is 0 Å². The first-order valence-electron chi connectivity index (χ1n) is 6.31. The molecule has 2 N–H and O–H groups in total. The van der Waals surface area contributed by atoms with E-state index in [1.165, 1.54) is 5.56 Å². The normalized spacial score (nSPS) is 21.1. The van der Waals surface area contributed by atoms with E-state index in [2.05, 4.69) is 19.1 Å². The third kappa shape index (κ3) is 3.53. The van der Waals surface area contributed by atoms with E-state index < -0.39 is 0 Å². The van der Waals surface area contributed by atoms with Crippen LogP contribution in [0.5, 0.6) is 0 Å². The van der Waals surface area contributed by atoms with Crippen LogP contribution in [-0.4, -0.2) is 19.5 Å². The summed E-state index contributed by atoms with van der Waals surface area (Å²) in [6.45, 7) is 3.76. The summed E-state index contributed by atoms with van der Waals surface area (Å²) in [5.41, 5.74) is 7.42. The molecule has 3 heteroatoms. The molecule has 0 aliphatic carbocycles. The topological polar surface area (TPSA) is 44.5 Å². The molecule has 17 heavy (non-hydrogen) atoms. The number of hydrogen-bond acceptors (Lipinski definition) is 3. The summed E-state index contributed by atoms with van der Waals surface area (Å²) in [7, 11) is 0. The average Bonchev–Trinajstić information content (AvgIpc) is 2.40.